The molecule has 0 aromatic heterocycles. The Morgan fingerprint density at radius 2 is 1.08 bits per heavy atom. The van der Waals surface area contributed by atoms with Crippen LogP contribution in [0.2, 0.25) is 0 Å². The average molecular weight is 373 g/mol. The van der Waals surface area contributed by atoms with E-state index in [1.165, 1.54) is 51.4 Å². The number of unbranched alkanes of at least 4 members (excludes halogenated alkanes) is 12. The molecule has 138 valence electrons. The summed E-state index contributed by atoms with van der Waals surface area (Å²) in [6.07, 6.45) is 15.6. The SMILES string of the molecule is CC(=O)CCCCCCCCCCCCCCCOS(=O)(=O)[O-].[Na+]. The van der Waals surface area contributed by atoms with Crippen molar-refractivity contribution in [1.29, 1.82) is 0 Å². The molecule has 0 aliphatic heterocycles. The maximum Gasteiger partial charge on any atom is 1.00 e. The normalized spacial score (nSPS) is 11.2. The Balaban J connectivity index is 0. The molecule has 0 amide bonds. The van der Waals surface area contributed by atoms with Gasteiger partial charge in [0.15, 0.2) is 0 Å². The summed E-state index contributed by atoms with van der Waals surface area (Å²) in [5.41, 5.74) is 0. The van der Waals surface area contributed by atoms with Gasteiger partial charge in [0.25, 0.3) is 0 Å². The molecular formula is C17H33NaO5S. The van der Waals surface area contributed by atoms with Crippen LogP contribution in [-0.2, 0) is 19.4 Å². The van der Waals surface area contributed by atoms with E-state index in [4.69, 9.17) is 0 Å². The molecule has 5 nitrogen and oxygen atoms in total. The molecule has 0 radical (unpaired) electrons. The van der Waals surface area contributed by atoms with E-state index in [1.807, 2.05) is 0 Å². The van der Waals surface area contributed by atoms with Crippen LogP contribution in [-0.4, -0.2) is 25.4 Å². The molecule has 0 saturated heterocycles. The molecule has 0 rings (SSSR count). The summed E-state index contributed by atoms with van der Waals surface area (Å²) >= 11 is 0. The van der Waals surface area contributed by atoms with Crippen LogP contribution in [0, 0.1) is 0 Å². The third-order valence-electron chi connectivity index (χ3n) is 3.90. The van der Waals surface area contributed by atoms with Gasteiger partial charge < -0.3 is 9.35 Å². The number of carbonyl (C=O) groups excluding carboxylic acids is 1. The summed E-state index contributed by atoms with van der Waals surface area (Å²) in [5, 5.41) is 0. The van der Waals surface area contributed by atoms with Crippen molar-refractivity contribution < 1.29 is 51.5 Å². The van der Waals surface area contributed by atoms with Crippen molar-refractivity contribution in [1.82, 2.24) is 0 Å². The molecule has 24 heavy (non-hydrogen) atoms. The number of rotatable bonds is 17. The van der Waals surface area contributed by atoms with Gasteiger partial charge in [-0.1, -0.05) is 70.6 Å². The molecular weight excluding hydrogens is 339 g/mol. The first-order valence-corrected chi connectivity index (χ1v) is 10.3. The first-order valence-electron chi connectivity index (χ1n) is 9.01. The Bertz CT molecular complexity index is 384. The quantitative estimate of drug-likeness (QED) is 0.167. The average Bonchev–Trinajstić information content (AvgIpc) is 2.45. The fraction of sp³-hybridized carbons (Fsp3) is 0.941. The Morgan fingerprint density at radius 3 is 1.42 bits per heavy atom. The number of hydrogen-bond donors (Lipinski definition) is 0. The van der Waals surface area contributed by atoms with Crippen LogP contribution >= 0.6 is 0 Å². The second-order valence-electron chi connectivity index (χ2n) is 6.28. The van der Waals surface area contributed by atoms with Gasteiger partial charge in [0.1, 0.15) is 5.78 Å². The van der Waals surface area contributed by atoms with Gasteiger partial charge in [-0.15, -0.1) is 0 Å². The maximum atomic E-state index is 10.8. The van der Waals surface area contributed by atoms with Crippen LogP contribution in [0.1, 0.15) is 96.8 Å². The molecule has 7 heteroatoms. The Labute approximate surface area is 170 Å². The van der Waals surface area contributed by atoms with E-state index >= 15 is 0 Å². The largest absolute Gasteiger partial charge is 1.00 e. The van der Waals surface area contributed by atoms with Gasteiger partial charge in [-0.3, -0.25) is 4.18 Å². The number of hydrogen-bond acceptors (Lipinski definition) is 5. The topological polar surface area (TPSA) is 83.5 Å². The third kappa shape index (κ3) is 24.8. The predicted molar refractivity (Wildman–Crippen MR) is 91.0 cm³/mol. The molecule has 0 aromatic rings. The van der Waals surface area contributed by atoms with E-state index in [-0.39, 0.29) is 36.2 Å². The Kier molecular flexibility index (Phi) is 20.4. The van der Waals surface area contributed by atoms with Crippen LogP contribution < -0.4 is 29.6 Å². The summed E-state index contributed by atoms with van der Waals surface area (Å²) < 4.78 is 34.8. The van der Waals surface area contributed by atoms with E-state index in [2.05, 4.69) is 4.18 Å². The van der Waals surface area contributed by atoms with Crippen LogP contribution in [0.5, 0.6) is 0 Å². The minimum absolute atomic E-state index is 0. The van der Waals surface area contributed by atoms with E-state index in [0.717, 1.165) is 32.1 Å². The van der Waals surface area contributed by atoms with Crippen molar-refractivity contribution in [2.45, 2.75) is 96.8 Å². The smallest absolute Gasteiger partial charge is 0.726 e. The minimum Gasteiger partial charge on any atom is -0.726 e. The third-order valence-corrected chi connectivity index (χ3v) is 4.36. The molecule has 0 N–H and O–H groups in total. The summed E-state index contributed by atoms with van der Waals surface area (Å²) in [4.78, 5) is 10.8. The van der Waals surface area contributed by atoms with E-state index in [0.29, 0.717) is 12.2 Å². The first kappa shape index (κ1) is 26.8. The van der Waals surface area contributed by atoms with Crippen molar-refractivity contribution in [3.8, 4) is 0 Å². The monoisotopic (exact) mass is 372 g/mol. The number of Topliss-reactive ketones (excluding diaryl/α,β-unsaturated/α-hetero) is 1. The zero-order valence-corrected chi connectivity index (χ0v) is 18.4. The van der Waals surface area contributed by atoms with Gasteiger partial charge in [0.05, 0.1) is 6.61 Å². The zero-order valence-electron chi connectivity index (χ0n) is 15.6. The molecule has 0 saturated carbocycles. The van der Waals surface area contributed by atoms with Crippen LogP contribution in [0.25, 0.3) is 0 Å². The molecule has 0 spiro atoms. The molecule has 0 atom stereocenters. The second kappa shape index (κ2) is 18.3. The van der Waals surface area contributed by atoms with Crippen LogP contribution in [0.4, 0.5) is 0 Å². The maximum absolute atomic E-state index is 10.8. The van der Waals surface area contributed by atoms with Gasteiger partial charge in [-0.2, -0.15) is 0 Å². The Morgan fingerprint density at radius 1 is 0.750 bits per heavy atom. The van der Waals surface area contributed by atoms with Crippen molar-refractivity contribution in [2.75, 3.05) is 6.61 Å². The van der Waals surface area contributed by atoms with Crippen molar-refractivity contribution in [3.05, 3.63) is 0 Å². The number of ketones is 1. The zero-order chi connectivity index (χ0) is 17.4. The van der Waals surface area contributed by atoms with Gasteiger partial charge in [0.2, 0.25) is 10.4 Å². The Hall–Kier alpha value is 0.540. The van der Waals surface area contributed by atoms with Crippen molar-refractivity contribution in [2.24, 2.45) is 0 Å². The minimum atomic E-state index is -4.51. The van der Waals surface area contributed by atoms with Crippen LogP contribution in [0.3, 0.4) is 0 Å². The van der Waals surface area contributed by atoms with E-state index in [9.17, 15) is 17.8 Å². The summed E-state index contributed by atoms with van der Waals surface area (Å²) in [6, 6.07) is 0. The fourth-order valence-electron chi connectivity index (χ4n) is 2.58. The van der Waals surface area contributed by atoms with Crippen molar-refractivity contribution in [3.63, 3.8) is 0 Å². The van der Waals surface area contributed by atoms with Gasteiger partial charge >= 0.3 is 29.6 Å². The molecule has 0 fully saturated rings. The number of carbonyl (C=O) groups is 1. The standard InChI is InChI=1S/C17H34O5S.Na/c1-17(18)15-13-11-9-7-5-3-2-4-6-8-10-12-14-16-22-23(19,20)21;/h2-16H2,1H3,(H,19,20,21);/q;+1/p-1. The predicted octanol–water partition coefficient (Wildman–Crippen LogP) is 1.52. The molecule has 0 unspecified atom stereocenters. The second-order valence-corrected chi connectivity index (χ2v) is 7.33. The summed E-state index contributed by atoms with van der Waals surface area (Å²) in [6.45, 7) is 1.67. The van der Waals surface area contributed by atoms with Gasteiger partial charge in [-0.25, -0.2) is 8.42 Å². The molecule has 0 heterocycles. The molecule has 0 aromatic carbocycles. The van der Waals surface area contributed by atoms with E-state index < -0.39 is 10.4 Å². The fourth-order valence-corrected chi connectivity index (χ4v) is 2.90. The molecule has 0 aliphatic carbocycles. The van der Waals surface area contributed by atoms with Crippen molar-refractivity contribution >= 4 is 16.2 Å². The molecule has 0 bridgehead atoms. The van der Waals surface area contributed by atoms with Gasteiger partial charge in [-0.05, 0) is 19.8 Å². The first-order chi connectivity index (χ1) is 10.9. The summed E-state index contributed by atoms with van der Waals surface area (Å²) in [7, 11) is -4.51. The van der Waals surface area contributed by atoms with Crippen LogP contribution in [0.15, 0.2) is 0 Å². The van der Waals surface area contributed by atoms with Gasteiger partial charge in [0, 0.05) is 6.42 Å². The molecule has 0 aliphatic rings. The van der Waals surface area contributed by atoms with E-state index in [1.54, 1.807) is 6.92 Å². The summed E-state index contributed by atoms with van der Waals surface area (Å²) in [5.74, 6) is 0.299.